The van der Waals surface area contributed by atoms with Gasteiger partial charge in [-0.05, 0) is 65.2 Å². The van der Waals surface area contributed by atoms with Gasteiger partial charge in [0.25, 0.3) is 0 Å². The Labute approximate surface area is 129 Å². The molecule has 2 rings (SSSR count). The molecule has 5 heteroatoms. The Morgan fingerprint density at radius 2 is 2.10 bits per heavy atom. The fourth-order valence-electron chi connectivity index (χ4n) is 3.67. The van der Waals surface area contributed by atoms with Gasteiger partial charge in [0, 0.05) is 19.1 Å². The summed E-state index contributed by atoms with van der Waals surface area (Å²) in [5, 5.41) is 3.52. The highest BCUT2D eigenvalue weighted by Crippen LogP contribution is 2.41. The predicted molar refractivity (Wildman–Crippen MR) is 86.1 cm³/mol. The van der Waals surface area contributed by atoms with Gasteiger partial charge in [-0.3, -0.25) is 9.69 Å². The van der Waals surface area contributed by atoms with Crippen molar-refractivity contribution in [1.29, 1.82) is 0 Å². The molecule has 0 aromatic rings. The average molecular weight is 296 g/mol. The minimum absolute atomic E-state index is 0.158. The SMILES string of the molecule is CCCNC(CN1CCCC1CN(C)C)(C(N)=O)C1CC1. The minimum atomic E-state index is -0.509. The van der Waals surface area contributed by atoms with Crippen molar-refractivity contribution in [2.75, 3.05) is 40.3 Å². The van der Waals surface area contributed by atoms with Crippen LogP contribution in [0.2, 0.25) is 0 Å². The molecule has 1 aliphatic carbocycles. The molecule has 1 heterocycles. The summed E-state index contributed by atoms with van der Waals surface area (Å²) in [6.07, 6.45) is 5.75. The van der Waals surface area contributed by atoms with E-state index in [1.165, 1.54) is 12.8 Å². The maximum Gasteiger partial charge on any atom is 0.239 e. The molecule has 1 saturated carbocycles. The average Bonchev–Trinajstić information content (AvgIpc) is 3.18. The molecule has 1 saturated heterocycles. The number of likely N-dealkylation sites (tertiary alicyclic amines) is 1. The Hall–Kier alpha value is -0.650. The standard InChI is InChI=1S/C16H32N4O/c1-4-9-18-16(15(17)21,13-7-8-13)12-20-10-5-6-14(20)11-19(2)3/h13-14,18H,4-12H2,1-3H3,(H2,17,21). The van der Waals surface area contributed by atoms with Gasteiger partial charge in [0.2, 0.25) is 5.91 Å². The van der Waals surface area contributed by atoms with E-state index in [0.717, 1.165) is 45.4 Å². The third-order valence-corrected chi connectivity index (χ3v) is 4.93. The number of nitrogens with zero attached hydrogens (tertiary/aromatic N) is 2. The summed E-state index contributed by atoms with van der Waals surface area (Å²) in [5.41, 5.74) is 5.33. The lowest BCUT2D eigenvalue weighted by Gasteiger charge is -2.38. The molecule has 2 aliphatic rings. The first-order valence-corrected chi connectivity index (χ1v) is 8.43. The van der Waals surface area contributed by atoms with Crippen LogP contribution in [0.5, 0.6) is 0 Å². The van der Waals surface area contributed by atoms with Crippen molar-refractivity contribution in [2.24, 2.45) is 11.7 Å². The van der Waals surface area contributed by atoms with Crippen LogP contribution in [0.15, 0.2) is 0 Å². The number of likely N-dealkylation sites (N-methyl/N-ethyl adjacent to an activating group) is 1. The Morgan fingerprint density at radius 3 is 2.62 bits per heavy atom. The molecule has 2 unspecified atom stereocenters. The molecule has 2 fully saturated rings. The molecule has 0 spiro atoms. The topological polar surface area (TPSA) is 61.6 Å². The minimum Gasteiger partial charge on any atom is -0.368 e. The monoisotopic (exact) mass is 296 g/mol. The third kappa shape index (κ3) is 3.96. The van der Waals surface area contributed by atoms with Gasteiger partial charge in [-0.25, -0.2) is 0 Å². The van der Waals surface area contributed by atoms with Gasteiger partial charge in [-0.1, -0.05) is 6.92 Å². The van der Waals surface area contributed by atoms with Gasteiger partial charge in [-0.2, -0.15) is 0 Å². The van der Waals surface area contributed by atoms with Crippen molar-refractivity contribution in [3.05, 3.63) is 0 Å². The summed E-state index contributed by atoms with van der Waals surface area (Å²) < 4.78 is 0. The van der Waals surface area contributed by atoms with Gasteiger partial charge in [-0.15, -0.1) is 0 Å². The molecule has 1 amide bonds. The molecule has 5 nitrogen and oxygen atoms in total. The fourth-order valence-corrected chi connectivity index (χ4v) is 3.67. The molecule has 122 valence electrons. The van der Waals surface area contributed by atoms with E-state index >= 15 is 0 Å². The van der Waals surface area contributed by atoms with Crippen LogP contribution in [0.4, 0.5) is 0 Å². The molecule has 0 aromatic carbocycles. The van der Waals surface area contributed by atoms with E-state index in [2.05, 4.69) is 36.1 Å². The van der Waals surface area contributed by atoms with E-state index in [0.29, 0.717) is 12.0 Å². The van der Waals surface area contributed by atoms with E-state index in [4.69, 9.17) is 5.73 Å². The lowest BCUT2D eigenvalue weighted by molar-refractivity contribution is -0.126. The zero-order chi connectivity index (χ0) is 15.5. The number of carbonyl (C=O) groups excluding carboxylic acids is 1. The maximum atomic E-state index is 12.2. The highest BCUT2D eigenvalue weighted by atomic mass is 16.1. The second-order valence-corrected chi connectivity index (χ2v) is 7.07. The Morgan fingerprint density at radius 1 is 1.38 bits per heavy atom. The molecule has 2 atom stereocenters. The zero-order valence-corrected chi connectivity index (χ0v) is 13.9. The molecule has 3 N–H and O–H groups in total. The van der Waals surface area contributed by atoms with Crippen molar-refractivity contribution >= 4 is 5.91 Å². The fraction of sp³-hybridized carbons (Fsp3) is 0.938. The van der Waals surface area contributed by atoms with E-state index < -0.39 is 5.54 Å². The quantitative estimate of drug-likeness (QED) is 0.656. The molecule has 0 bridgehead atoms. The van der Waals surface area contributed by atoms with E-state index in [1.807, 2.05) is 0 Å². The summed E-state index contributed by atoms with van der Waals surface area (Å²) >= 11 is 0. The van der Waals surface area contributed by atoms with Crippen LogP contribution < -0.4 is 11.1 Å². The summed E-state index contributed by atoms with van der Waals surface area (Å²) in [4.78, 5) is 17.0. The van der Waals surface area contributed by atoms with Crippen LogP contribution in [0.1, 0.15) is 39.0 Å². The summed E-state index contributed by atoms with van der Waals surface area (Å²) in [5.74, 6) is 0.274. The van der Waals surface area contributed by atoms with Crippen LogP contribution in [-0.2, 0) is 4.79 Å². The number of amides is 1. The van der Waals surface area contributed by atoms with E-state index in [1.54, 1.807) is 0 Å². The third-order valence-electron chi connectivity index (χ3n) is 4.93. The van der Waals surface area contributed by atoms with Crippen LogP contribution in [0.25, 0.3) is 0 Å². The molecule has 21 heavy (non-hydrogen) atoms. The van der Waals surface area contributed by atoms with E-state index in [-0.39, 0.29) is 5.91 Å². The zero-order valence-electron chi connectivity index (χ0n) is 13.9. The first-order valence-electron chi connectivity index (χ1n) is 8.43. The van der Waals surface area contributed by atoms with Crippen molar-refractivity contribution in [3.8, 4) is 0 Å². The Kier molecular flexibility index (Phi) is 5.63. The summed E-state index contributed by atoms with van der Waals surface area (Å²) in [6.45, 7) is 5.94. The molecule has 0 radical (unpaired) electrons. The predicted octanol–water partition coefficient (Wildman–Crippen LogP) is 0.646. The largest absolute Gasteiger partial charge is 0.368 e. The Bertz CT molecular complexity index is 356. The molecular formula is C16H32N4O. The van der Waals surface area contributed by atoms with Gasteiger partial charge in [0.1, 0.15) is 5.54 Å². The van der Waals surface area contributed by atoms with Crippen LogP contribution >= 0.6 is 0 Å². The van der Waals surface area contributed by atoms with E-state index in [9.17, 15) is 4.79 Å². The highest BCUT2D eigenvalue weighted by Gasteiger charge is 2.51. The summed E-state index contributed by atoms with van der Waals surface area (Å²) in [7, 11) is 4.24. The summed E-state index contributed by atoms with van der Waals surface area (Å²) in [6, 6.07) is 0.556. The second kappa shape index (κ2) is 7.07. The number of primary amides is 1. The van der Waals surface area contributed by atoms with Crippen molar-refractivity contribution < 1.29 is 4.79 Å². The van der Waals surface area contributed by atoms with Crippen molar-refractivity contribution in [3.63, 3.8) is 0 Å². The smallest absolute Gasteiger partial charge is 0.239 e. The first-order chi connectivity index (χ1) is 9.99. The van der Waals surface area contributed by atoms with Crippen LogP contribution in [-0.4, -0.2) is 67.6 Å². The molecule has 0 aromatic heterocycles. The molecule has 1 aliphatic heterocycles. The number of rotatable bonds is 9. The lowest BCUT2D eigenvalue weighted by Crippen LogP contribution is -2.64. The number of carbonyl (C=O) groups is 1. The van der Waals surface area contributed by atoms with Crippen molar-refractivity contribution in [2.45, 2.75) is 50.6 Å². The van der Waals surface area contributed by atoms with Gasteiger partial charge >= 0.3 is 0 Å². The van der Waals surface area contributed by atoms with Crippen LogP contribution in [0.3, 0.4) is 0 Å². The van der Waals surface area contributed by atoms with Gasteiger partial charge in [0.05, 0.1) is 0 Å². The molecular weight excluding hydrogens is 264 g/mol. The highest BCUT2D eigenvalue weighted by molar-refractivity contribution is 5.86. The number of nitrogens with one attached hydrogen (secondary N) is 1. The number of hydrogen-bond acceptors (Lipinski definition) is 4. The number of hydrogen-bond donors (Lipinski definition) is 2. The van der Waals surface area contributed by atoms with Crippen LogP contribution in [0, 0.1) is 5.92 Å². The van der Waals surface area contributed by atoms with Gasteiger partial charge in [0.15, 0.2) is 0 Å². The normalized spacial score (nSPS) is 26.2. The Balaban J connectivity index is 2.08. The van der Waals surface area contributed by atoms with Gasteiger partial charge < -0.3 is 16.0 Å². The lowest BCUT2D eigenvalue weighted by atomic mass is 9.90. The maximum absolute atomic E-state index is 12.2. The first kappa shape index (κ1) is 16.7. The second-order valence-electron chi connectivity index (χ2n) is 7.07. The number of nitrogens with two attached hydrogens (primary N) is 1. The van der Waals surface area contributed by atoms with Crippen molar-refractivity contribution in [1.82, 2.24) is 15.1 Å².